The van der Waals surface area contributed by atoms with Crippen molar-refractivity contribution in [1.29, 1.82) is 0 Å². The number of carbonyl (C=O) groups excluding carboxylic acids is 2. The maximum absolute atomic E-state index is 11.6. The SMILES string of the molecule is O=C1CC(=O)N(c2ccc3[nH]ccc3c2)C1. The zero-order valence-electron chi connectivity index (χ0n) is 8.56. The second-order valence-corrected chi connectivity index (χ2v) is 3.94. The Hall–Kier alpha value is -2.10. The highest BCUT2D eigenvalue weighted by molar-refractivity contribution is 6.15. The summed E-state index contributed by atoms with van der Waals surface area (Å²) in [5, 5.41) is 1.05. The van der Waals surface area contributed by atoms with Crippen molar-refractivity contribution in [3.63, 3.8) is 0 Å². The molecule has 3 rings (SSSR count). The van der Waals surface area contributed by atoms with Gasteiger partial charge < -0.3 is 9.88 Å². The first-order chi connectivity index (χ1) is 7.74. The summed E-state index contributed by atoms with van der Waals surface area (Å²) >= 11 is 0. The van der Waals surface area contributed by atoms with E-state index in [9.17, 15) is 9.59 Å². The van der Waals surface area contributed by atoms with E-state index in [4.69, 9.17) is 0 Å². The first-order valence-corrected chi connectivity index (χ1v) is 5.13. The lowest BCUT2D eigenvalue weighted by Crippen LogP contribution is -2.24. The van der Waals surface area contributed by atoms with Crippen molar-refractivity contribution in [1.82, 2.24) is 4.98 Å². The van der Waals surface area contributed by atoms with Crippen LogP contribution in [0.4, 0.5) is 5.69 Å². The minimum absolute atomic E-state index is 0.0147. The van der Waals surface area contributed by atoms with Crippen LogP contribution in [-0.4, -0.2) is 23.2 Å². The minimum Gasteiger partial charge on any atom is -0.361 e. The number of hydrogen-bond acceptors (Lipinski definition) is 2. The van der Waals surface area contributed by atoms with Gasteiger partial charge in [0.2, 0.25) is 5.91 Å². The number of carbonyl (C=O) groups is 2. The van der Waals surface area contributed by atoms with Crippen LogP contribution < -0.4 is 4.90 Å². The molecular weight excluding hydrogens is 204 g/mol. The number of anilines is 1. The number of Topliss-reactive ketones (excluding diaryl/α,β-unsaturated/α-hetero) is 1. The van der Waals surface area contributed by atoms with Crippen LogP contribution in [-0.2, 0) is 9.59 Å². The molecule has 0 spiro atoms. The third-order valence-corrected chi connectivity index (χ3v) is 2.83. The Morgan fingerprint density at radius 2 is 2.06 bits per heavy atom. The average molecular weight is 214 g/mol. The molecule has 1 aliphatic rings. The van der Waals surface area contributed by atoms with Gasteiger partial charge in [-0.3, -0.25) is 9.59 Å². The predicted octanol–water partition coefficient (Wildman–Crippen LogP) is 1.47. The smallest absolute Gasteiger partial charge is 0.234 e. The van der Waals surface area contributed by atoms with Gasteiger partial charge in [-0.25, -0.2) is 0 Å². The van der Waals surface area contributed by atoms with Gasteiger partial charge in [-0.15, -0.1) is 0 Å². The number of hydrogen-bond donors (Lipinski definition) is 1. The van der Waals surface area contributed by atoms with E-state index in [1.807, 2.05) is 30.5 Å². The van der Waals surface area contributed by atoms with Crippen LogP contribution in [0.25, 0.3) is 10.9 Å². The van der Waals surface area contributed by atoms with Crippen LogP contribution >= 0.6 is 0 Å². The van der Waals surface area contributed by atoms with E-state index in [2.05, 4.69) is 4.98 Å². The molecule has 4 heteroatoms. The summed E-state index contributed by atoms with van der Waals surface area (Å²) in [4.78, 5) is 27.4. The molecule has 2 aromatic rings. The van der Waals surface area contributed by atoms with Crippen LogP contribution in [0.2, 0.25) is 0 Å². The molecule has 0 saturated carbocycles. The van der Waals surface area contributed by atoms with E-state index in [0.29, 0.717) is 0 Å². The van der Waals surface area contributed by atoms with Crippen molar-refractivity contribution in [2.45, 2.75) is 6.42 Å². The summed E-state index contributed by atoms with van der Waals surface area (Å²) in [6.45, 7) is 0.203. The average Bonchev–Trinajstić information content (AvgIpc) is 2.83. The van der Waals surface area contributed by atoms with E-state index in [-0.39, 0.29) is 24.7 Å². The molecule has 16 heavy (non-hydrogen) atoms. The molecule has 0 radical (unpaired) electrons. The number of benzene rings is 1. The zero-order valence-corrected chi connectivity index (χ0v) is 8.56. The Morgan fingerprint density at radius 1 is 1.19 bits per heavy atom. The fourth-order valence-corrected chi connectivity index (χ4v) is 2.03. The zero-order chi connectivity index (χ0) is 11.1. The number of nitrogens with one attached hydrogen (secondary N) is 1. The van der Waals surface area contributed by atoms with Gasteiger partial charge in [0, 0.05) is 22.8 Å². The molecule has 0 unspecified atom stereocenters. The van der Waals surface area contributed by atoms with Gasteiger partial charge in [-0.1, -0.05) is 0 Å². The van der Waals surface area contributed by atoms with Gasteiger partial charge in [0.05, 0.1) is 13.0 Å². The Bertz CT molecular complexity index is 585. The first kappa shape index (κ1) is 9.15. The fraction of sp³-hybridized carbons (Fsp3) is 0.167. The lowest BCUT2D eigenvalue weighted by atomic mass is 10.2. The molecule has 1 saturated heterocycles. The number of aromatic amines is 1. The van der Waals surface area contributed by atoms with Crippen molar-refractivity contribution in [2.75, 3.05) is 11.4 Å². The first-order valence-electron chi connectivity index (χ1n) is 5.13. The topological polar surface area (TPSA) is 53.2 Å². The van der Waals surface area contributed by atoms with Crippen molar-refractivity contribution >= 4 is 28.3 Å². The van der Waals surface area contributed by atoms with Gasteiger partial charge in [-0.2, -0.15) is 0 Å². The molecular formula is C12H10N2O2. The summed E-state index contributed by atoms with van der Waals surface area (Å²) in [7, 11) is 0. The number of H-pyrrole nitrogens is 1. The lowest BCUT2D eigenvalue weighted by Gasteiger charge is -2.14. The molecule has 0 aliphatic carbocycles. The molecule has 1 aliphatic heterocycles. The summed E-state index contributed by atoms with van der Waals surface area (Å²) in [6, 6.07) is 7.64. The van der Waals surface area contributed by atoms with E-state index >= 15 is 0 Å². The number of fused-ring (bicyclic) bond motifs is 1. The van der Waals surface area contributed by atoms with Crippen molar-refractivity contribution in [2.24, 2.45) is 0 Å². The number of rotatable bonds is 1. The summed E-state index contributed by atoms with van der Waals surface area (Å²) < 4.78 is 0. The second-order valence-electron chi connectivity index (χ2n) is 3.94. The van der Waals surface area contributed by atoms with Gasteiger partial charge in [-0.05, 0) is 24.3 Å². The summed E-state index contributed by atoms with van der Waals surface area (Å²) in [5.74, 6) is -0.126. The van der Waals surface area contributed by atoms with E-state index in [1.54, 1.807) is 0 Å². The molecule has 0 atom stereocenters. The Balaban J connectivity index is 2.05. The van der Waals surface area contributed by atoms with Gasteiger partial charge in [0.1, 0.15) is 0 Å². The molecule has 1 fully saturated rings. The number of nitrogens with zero attached hydrogens (tertiary/aromatic N) is 1. The van der Waals surface area contributed by atoms with Gasteiger partial charge >= 0.3 is 0 Å². The molecule has 2 heterocycles. The van der Waals surface area contributed by atoms with Gasteiger partial charge in [0.25, 0.3) is 0 Å². The number of ketones is 1. The number of amides is 1. The predicted molar refractivity (Wildman–Crippen MR) is 60.3 cm³/mol. The maximum atomic E-state index is 11.6. The Kier molecular flexibility index (Phi) is 1.83. The van der Waals surface area contributed by atoms with Crippen LogP contribution in [0.1, 0.15) is 6.42 Å². The van der Waals surface area contributed by atoms with Crippen LogP contribution in [0.3, 0.4) is 0 Å². The molecule has 1 aromatic heterocycles. The van der Waals surface area contributed by atoms with Crippen molar-refractivity contribution in [3.05, 3.63) is 30.5 Å². The van der Waals surface area contributed by atoms with Crippen molar-refractivity contribution < 1.29 is 9.59 Å². The largest absolute Gasteiger partial charge is 0.361 e. The van der Waals surface area contributed by atoms with Crippen LogP contribution in [0.15, 0.2) is 30.5 Å². The van der Waals surface area contributed by atoms with E-state index in [0.717, 1.165) is 16.6 Å². The standard InChI is InChI=1S/C12H10N2O2/c15-10-6-12(16)14(7-10)9-1-2-11-8(5-9)3-4-13-11/h1-5,13H,6-7H2. The molecule has 1 N–H and O–H groups in total. The molecule has 4 nitrogen and oxygen atoms in total. The Labute approximate surface area is 91.9 Å². The van der Waals surface area contributed by atoms with Crippen LogP contribution in [0.5, 0.6) is 0 Å². The monoisotopic (exact) mass is 214 g/mol. The quantitative estimate of drug-likeness (QED) is 0.731. The normalized spacial score (nSPS) is 16.4. The minimum atomic E-state index is -0.111. The van der Waals surface area contributed by atoms with E-state index < -0.39 is 0 Å². The second kappa shape index (κ2) is 3.20. The molecule has 1 amide bonds. The summed E-state index contributed by atoms with van der Waals surface area (Å²) in [5.41, 5.74) is 1.82. The molecule has 80 valence electrons. The number of aromatic nitrogens is 1. The lowest BCUT2D eigenvalue weighted by molar-refractivity contribution is -0.121. The summed E-state index contributed by atoms with van der Waals surface area (Å²) in [6.07, 6.45) is 1.89. The van der Waals surface area contributed by atoms with Gasteiger partial charge in [0.15, 0.2) is 5.78 Å². The van der Waals surface area contributed by atoms with Crippen LogP contribution in [0, 0.1) is 0 Å². The van der Waals surface area contributed by atoms with E-state index in [1.165, 1.54) is 4.90 Å². The third kappa shape index (κ3) is 1.31. The maximum Gasteiger partial charge on any atom is 0.234 e. The highest BCUT2D eigenvalue weighted by atomic mass is 16.2. The highest BCUT2D eigenvalue weighted by Gasteiger charge is 2.28. The molecule has 0 bridgehead atoms. The third-order valence-electron chi connectivity index (χ3n) is 2.83. The van der Waals surface area contributed by atoms with Crippen molar-refractivity contribution in [3.8, 4) is 0 Å². The molecule has 1 aromatic carbocycles. The fourth-order valence-electron chi connectivity index (χ4n) is 2.03. The Morgan fingerprint density at radius 3 is 2.81 bits per heavy atom. The highest BCUT2D eigenvalue weighted by Crippen LogP contribution is 2.24.